The van der Waals surface area contributed by atoms with Crippen LogP contribution in [0.15, 0.2) is 29.3 Å². The second kappa shape index (κ2) is 4.88. The lowest BCUT2D eigenvalue weighted by molar-refractivity contribution is 0.244. The fourth-order valence-electron chi connectivity index (χ4n) is 1.95. The normalized spacial score (nSPS) is 19.9. The molecular formula is C14H18N2O2. The topological polar surface area (TPSA) is 42.9 Å². The van der Waals surface area contributed by atoms with Crippen molar-refractivity contribution in [2.24, 2.45) is 4.99 Å². The summed E-state index contributed by atoms with van der Waals surface area (Å²) in [6, 6.07) is 7.85. The fraction of sp³-hybridized carbons (Fsp3) is 0.500. The van der Waals surface area contributed by atoms with Crippen LogP contribution in [0.5, 0.6) is 11.5 Å². The van der Waals surface area contributed by atoms with Crippen LogP contribution in [0, 0.1) is 0 Å². The lowest BCUT2D eigenvalue weighted by atomic mass is 10.3. The molecule has 1 atom stereocenters. The number of aliphatic imine (C=N–C) groups is 1. The van der Waals surface area contributed by atoms with Crippen molar-refractivity contribution in [3.63, 3.8) is 0 Å². The number of hydrogen-bond acceptors (Lipinski definition) is 4. The quantitative estimate of drug-likeness (QED) is 0.864. The number of para-hydroxylation sites is 2. The van der Waals surface area contributed by atoms with Gasteiger partial charge in [0.1, 0.15) is 5.84 Å². The fourth-order valence-corrected chi connectivity index (χ4v) is 1.95. The van der Waals surface area contributed by atoms with Crippen LogP contribution in [0.4, 0.5) is 0 Å². The van der Waals surface area contributed by atoms with E-state index in [4.69, 9.17) is 9.47 Å². The molecule has 1 aliphatic heterocycles. The van der Waals surface area contributed by atoms with Gasteiger partial charge in [0.25, 0.3) is 0 Å². The zero-order valence-corrected chi connectivity index (χ0v) is 10.6. The average molecular weight is 246 g/mol. The second-order valence-corrected chi connectivity index (χ2v) is 4.72. The molecule has 0 bridgehead atoms. The molecule has 1 N–H and O–H groups in total. The van der Waals surface area contributed by atoms with Crippen molar-refractivity contribution in [2.45, 2.75) is 32.0 Å². The average Bonchev–Trinajstić information content (AvgIpc) is 3.02. The van der Waals surface area contributed by atoms with Gasteiger partial charge >= 0.3 is 0 Å². The molecule has 1 fully saturated rings. The third-order valence-electron chi connectivity index (χ3n) is 3.06. The van der Waals surface area contributed by atoms with E-state index < -0.39 is 0 Å². The Bertz CT molecular complexity index is 455. The molecule has 1 aliphatic carbocycles. The van der Waals surface area contributed by atoms with E-state index in [0.29, 0.717) is 6.10 Å². The summed E-state index contributed by atoms with van der Waals surface area (Å²) < 4.78 is 11.8. The van der Waals surface area contributed by atoms with E-state index >= 15 is 0 Å². The highest BCUT2D eigenvalue weighted by atomic mass is 16.5. The highest BCUT2D eigenvalue weighted by Gasteiger charge is 2.25. The number of amidine groups is 1. The third-order valence-corrected chi connectivity index (χ3v) is 3.06. The van der Waals surface area contributed by atoms with Crippen molar-refractivity contribution >= 4 is 5.84 Å². The van der Waals surface area contributed by atoms with Gasteiger partial charge in [-0.05, 0) is 31.9 Å². The minimum absolute atomic E-state index is 0.0588. The van der Waals surface area contributed by atoms with Gasteiger partial charge in [0.15, 0.2) is 17.6 Å². The van der Waals surface area contributed by atoms with Gasteiger partial charge in [-0.3, -0.25) is 4.99 Å². The Morgan fingerprint density at radius 3 is 2.72 bits per heavy atom. The van der Waals surface area contributed by atoms with Crippen LogP contribution >= 0.6 is 0 Å². The maximum Gasteiger partial charge on any atom is 0.162 e. The number of ether oxygens (including phenoxy) is 2. The minimum atomic E-state index is -0.0588. The van der Waals surface area contributed by atoms with Gasteiger partial charge in [0.2, 0.25) is 0 Å². The number of benzene rings is 1. The van der Waals surface area contributed by atoms with Gasteiger partial charge in [-0.15, -0.1) is 0 Å². The van der Waals surface area contributed by atoms with Crippen molar-refractivity contribution in [3.05, 3.63) is 24.3 Å². The van der Waals surface area contributed by atoms with Gasteiger partial charge in [-0.25, -0.2) is 0 Å². The predicted octanol–water partition coefficient (Wildman–Crippen LogP) is 2.00. The predicted molar refractivity (Wildman–Crippen MR) is 70.5 cm³/mol. The minimum Gasteiger partial charge on any atom is -0.487 e. The number of nitrogens with zero attached hydrogens (tertiary/aromatic N) is 1. The van der Waals surface area contributed by atoms with Crippen molar-refractivity contribution in [2.75, 3.05) is 13.1 Å². The summed E-state index contributed by atoms with van der Waals surface area (Å²) in [7, 11) is 0. The molecule has 3 rings (SSSR count). The zero-order valence-electron chi connectivity index (χ0n) is 10.6. The SMILES string of the molecule is CC(Oc1ccccc1OC1CC1)C1=NCCN1. The van der Waals surface area contributed by atoms with Gasteiger partial charge in [0.05, 0.1) is 12.6 Å². The molecule has 4 nitrogen and oxygen atoms in total. The van der Waals surface area contributed by atoms with E-state index in [-0.39, 0.29) is 6.10 Å². The van der Waals surface area contributed by atoms with Gasteiger partial charge in [0, 0.05) is 6.54 Å². The first-order valence-electron chi connectivity index (χ1n) is 6.53. The van der Waals surface area contributed by atoms with Gasteiger partial charge in [-0.2, -0.15) is 0 Å². The highest BCUT2D eigenvalue weighted by molar-refractivity contribution is 5.87. The molecule has 0 aromatic heterocycles. The summed E-state index contributed by atoms with van der Waals surface area (Å²) in [5, 5.41) is 3.23. The maximum absolute atomic E-state index is 5.94. The molecule has 1 heterocycles. The highest BCUT2D eigenvalue weighted by Crippen LogP contribution is 2.33. The van der Waals surface area contributed by atoms with E-state index in [1.807, 2.05) is 31.2 Å². The first-order chi connectivity index (χ1) is 8.83. The molecule has 1 aromatic carbocycles. The number of rotatable bonds is 5. The maximum atomic E-state index is 5.94. The molecule has 4 heteroatoms. The Morgan fingerprint density at radius 2 is 2.06 bits per heavy atom. The van der Waals surface area contributed by atoms with Crippen LogP contribution in [0.25, 0.3) is 0 Å². The Hall–Kier alpha value is -1.71. The third kappa shape index (κ3) is 2.58. The Morgan fingerprint density at radius 1 is 1.28 bits per heavy atom. The molecule has 0 spiro atoms. The van der Waals surface area contributed by atoms with Crippen LogP contribution in [0.3, 0.4) is 0 Å². The van der Waals surface area contributed by atoms with E-state index in [2.05, 4.69) is 10.3 Å². The first-order valence-corrected chi connectivity index (χ1v) is 6.53. The van der Waals surface area contributed by atoms with E-state index in [1.54, 1.807) is 0 Å². The largest absolute Gasteiger partial charge is 0.487 e. The monoisotopic (exact) mass is 246 g/mol. The second-order valence-electron chi connectivity index (χ2n) is 4.72. The van der Waals surface area contributed by atoms with Crippen LogP contribution in [-0.2, 0) is 0 Å². The van der Waals surface area contributed by atoms with Gasteiger partial charge in [-0.1, -0.05) is 12.1 Å². The Balaban J connectivity index is 1.70. The van der Waals surface area contributed by atoms with Crippen molar-refractivity contribution in [3.8, 4) is 11.5 Å². The smallest absolute Gasteiger partial charge is 0.162 e. The zero-order chi connectivity index (χ0) is 12.4. The molecule has 0 radical (unpaired) electrons. The summed E-state index contributed by atoms with van der Waals surface area (Å²) in [6.45, 7) is 3.75. The van der Waals surface area contributed by atoms with Crippen LogP contribution < -0.4 is 14.8 Å². The summed E-state index contributed by atoms with van der Waals surface area (Å²) >= 11 is 0. The van der Waals surface area contributed by atoms with Crippen molar-refractivity contribution in [1.29, 1.82) is 0 Å². The summed E-state index contributed by atoms with van der Waals surface area (Å²) in [5.41, 5.74) is 0. The van der Waals surface area contributed by atoms with E-state index in [9.17, 15) is 0 Å². The number of nitrogens with one attached hydrogen (secondary N) is 1. The van der Waals surface area contributed by atoms with Crippen LogP contribution in [0.2, 0.25) is 0 Å². The standard InChI is InChI=1S/C14H18N2O2/c1-10(14-15-8-9-16-14)17-12-4-2-3-5-13(12)18-11-6-7-11/h2-5,10-11H,6-9H2,1H3,(H,15,16). The Labute approximate surface area is 107 Å². The van der Waals surface area contributed by atoms with Crippen molar-refractivity contribution < 1.29 is 9.47 Å². The Kier molecular flexibility index (Phi) is 3.09. The number of hydrogen-bond donors (Lipinski definition) is 1. The summed E-state index contributed by atoms with van der Waals surface area (Å²) in [5.74, 6) is 2.56. The summed E-state index contributed by atoms with van der Waals surface area (Å²) in [6.07, 6.45) is 2.62. The molecule has 0 saturated heterocycles. The molecular weight excluding hydrogens is 228 g/mol. The van der Waals surface area contributed by atoms with Crippen molar-refractivity contribution in [1.82, 2.24) is 5.32 Å². The summed E-state index contributed by atoms with van der Waals surface area (Å²) in [4.78, 5) is 4.37. The van der Waals surface area contributed by atoms with Crippen LogP contribution in [0.1, 0.15) is 19.8 Å². The van der Waals surface area contributed by atoms with E-state index in [1.165, 1.54) is 0 Å². The first kappa shape index (κ1) is 11.4. The molecule has 1 unspecified atom stereocenters. The lowest BCUT2D eigenvalue weighted by Crippen LogP contribution is -2.33. The molecule has 18 heavy (non-hydrogen) atoms. The molecule has 0 amide bonds. The van der Waals surface area contributed by atoms with Crippen LogP contribution in [-0.4, -0.2) is 31.1 Å². The molecule has 1 saturated carbocycles. The van der Waals surface area contributed by atoms with Gasteiger partial charge < -0.3 is 14.8 Å². The lowest BCUT2D eigenvalue weighted by Gasteiger charge is -2.17. The van der Waals surface area contributed by atoms with E-state index in [0.717, 1.165) is 43.3 Å². The molecule has 2 aliphatic rings. The molecule has 96 valence electrons. The molecule has 1 aromatic rings.